The molecule has 6 aromatic rings. The minimum absolute atomic E-state index is 0. The number of methoxy groups -OCH3 is 2. The quantitative estimate of drug-likeness (QED) is 0.0416. The number of aromatic nitrogens is 4. The fraction of sp³-hybridized carbons (Fsp3) is 0.103. The maximum atomic E-state index is 12.2. The van der Waals surface area contributed by atoms with Gasteiger partial charge in [0.15, 0.2) is 5.69 Å². The molecular weight excluding hydrogens is 863 g/mol. The minimum atomic E-state index is -1.45. The SMILES string of the molecule is COC(=O)c1nn(-c2ccc(CO)cc2)c(O)c1C=Nc1ccc([N+](=O)[O-])cc1C(=O)O.COc1ccc(-n2nc(C)c(C=Nc3ccc([N+](=O)[O-])cc3C(=O)O)c2O)cc1.[Co]. The molecule has 1 radical (unpaired) electrons. The van der Waals surface area contributed by atoms with E-state index in [2.05, 4.69) is 24.9 Å². The number of nitro benzene ring substituents is 2. The number of carbonyl (C=O) groups excluding carboxylic acids is 1. The second-order valence-electron chi connectivity index (χ2n) is 12.3. The molecule has 22 nitrogen and oxygen atoms in total. The summed E-state index contributed by atoms with van der Waals surface area (Å²) in [6.45, 7) is 1.48. The summed E-state index contributed by atoms with van der Waals surface area (Å²) in [4.78, 5) is 63.5. The summed E-state index contributed by atoms with van der Waals surface area (Å²) >= 11 is 0. The van der Waals surface area contributed by atoms with E-state index in [9.17, 15) is 55.0 Å². The summed E-state index contributed by atoms with van der Waals surface area (Å²) in [5.41, 5.74) is 0.196. The van der Waals surface area contributed by atoms with Crippen LogP contribution in [-0.4, -0.2) is 99.5 Å². The normalized spacial score (nSPS) is 10.8. The maximum Gasteiger partial charge on any atom is 0.359 e. The zero-order chi connectivity index (χ0) is 44.5. The van der Waals surface area contributed by atoms with Gasteiger partial charge in [0.2, 0.25) is 11.8 Å². The van der Waals surface area contributed by atoms with Crippen LogP contribution in [0.2, 0.25) is 0 Å². The first-order chi connectivity index (χ1) is 29.1. The molecule has 5 N–H and O–H groups in total. The number of aromatic carboxylic acids is 2. The number of carboxylic acids is 2. The molecular formula is C39H32CoN8O14. The van der Waals surface area contributed by atoms with Crippen LogP contribution >= 0.6 is 0 Å². The molecule has 0 aliphatic rings. The maximum absolute atomic E-state index is 12.2. The second kappa shape index (κ2) is 20.1. The molecule has 0 amide bonds. The van der Waals surface area contributed by atoms with Crippen molar-refractivity contribution in [2.24, 2.45) is 9.98 Å². The monoisotopic (exact) mass is 895 g/mol. The van der Waals surface area contributed by atoms with Crippen LogP contribution in [0.4, 0.5) is 22.7 Å². The fourth-order valence-electron chi connectivity index (χ4n) is 5.40. The molecule has 4 aromatic carbocycles. The number of aliphatic hydroxyl groups excluding tert-OH is 1. The average Bonchev–Trinajstić information content (AvgIpc) is 3.74. The molecule has 0 atom stereocenters. The van der Waals surface area contributed by atoms with Gasteiger partial charge in [0.05, 0.1) is 81.4 Å². The second-order valence-corrected chi connectivity index (χ2v) is 12.3. The summed E-state index contributed by atoms with van der Waals surface area (Å²) in [6, 6.07) is 19.5. The van der Waals surface area contributed by atoms with Crippen LogP contribution in [0.5, 0.6) is 17.5 Å². The number of aryl methyl sites for hydroxylation is 1. The van der Waals surface area contributed by atoms with Gasteiger partial charge < -0.3 is 35.0 Å². The fourth-order valence-corrected chi connectivity index (χ4v) is 5.40. The van der Waals surface area contributed by atoms with Crippen molar-refractivity contribution in [3.05, 3.63) is 144 Å². The summed E-state index contributed by atoms with van der Waals surface area (Å²) in [7, 11) is 2.66. The molecule has 23 heteroatoms. The molecule has 0 saturated heterocycles. The van der Waals surface area contributed by atoms with Gasteiger partial charge >= 0.3 is 17.9 Å². The Kier molecular flexibility index (Phi) is 15.1. The first kappa shape index (κ1) is 46.4. The third-order valence-electron chi connectivity index (χ3n) is 8.55. The first-order valence-corrected chi connectivity index (χ1v) is 17.2. The number of hydrogen-bond acceptors (Lipinski definition) is 16. The van der Waals surface area contributed by atoms with Gasteiger partial charge in [0, 0.05) is 53.5 Å². The molecule has 2 heterocycles. The van der Waals surface area contributed by atoms with Gasteiger partial charge in [-0.3, -0.25) is 30.2 Å². The molecule has 0 spiro atoms. The Morgan fingerprint density at radius 2 is 1.18 bits per heavy atom. The van der Waals surface area contributed by atoms with E-state index in [4.69, 9.17) is 9.84 Å². The average molecular weight is 896 g/mol. The molecule has 62 heavy (non-hydrogen) atoms. The number of ether oxygens (including phenoxy) is 2. The number of rotatable bonds is 13. The molecule has 0 fully saturated rings. The van der Waals surface area contributed by atoms with Gasteiger partial charge in [-0.15, -0.1) is 0 Å². The number of aliphatic hydroxyl groups is 1. The minimum Gasteiger partial charge on any atom is -0.497 e. The Balaban J connectivity index is 0.000000269. The van der Waals surface area contributed by atoms with Gasteiger partial charge in [0.1, 0.15) is 5.75 Å². The molecule has 0 saturated carbocycles. The first-order valence-electron chi connectivity index (χ1n) is 17.2. The van der Waals surface area contributed by atoms with E-state index in [1.165, 1.54) is 17.0 Å². The van der Waals surface area contributed by atoms with Gasteiger partial charge in [-0.25, -0.2) is 19.1 Å². The summed E-state index contributed by atoms with van der Waals surface area (Å²) in [6.07, 6.45) is 2.28. The van der Waals surface area contributed by atoms with E-state index < -0.39 is 44.9 Å². The van der Waals surface area contributed by atoms with E-state index >= 15 is 0 Å². The van der Waals surface area contributed by atoms with Crippen LogP contribution in [0.3, 0.4) is 0 Å². The van der Waals surface area contributed by atoms with Gasteiger partial charge in [-0.05, 0) is 61.0 Å². The molecule has 0 aliphatic carbocycles. The number of carbonyl (C=O) groups is 3. The number of nitro groups is 2. The summed E-state index contributed by atoms with van der Waals surface area (Å²) < 4.78 is 12.1. The van der Waals surface area contributed by atoms with E-state index in [0.717, 1.165) is 48.3 Å². The van der Waals surface area contributed by atoms with E-state index in [1.54, 1.807) is 62.6 Å². The van der Waals surface area contributed by atoms with Crippen molar-refractivity contribution < 1.29 is 76.0 Å². The van der Waals surface area contributed by atoms with Crippen LogP contribution in [0.25, 0.3) is 11.4 Å². The predicted octanol–water partition coefficient (Wildman–Crippen LogP) is 5.46. The number of aliphatic imine (C=N–C) groups is 2. The third-order valence-corrected chi connectivity index (χ3v) is 8.55. The van der Waals surface area contributed by atoms with Crippen LogP contribution in [-0.2, 0) is 28.1 Å². The van der Waals surface area contributed by atoms with E-state index in [1.807, 2.05) is 0 Å². The van der Waals surface area contributed by atoms with Crippen LogP contribution in [0, 0.1) is 27.2 Å². The number of nitrogens with zero attached hydrogens (tertiary/aromatic N) is 8. The van der Waals surface area contributed by atoms with E-state index in [-0.39, 0.29) is 68.7 Å². The molecule has 0 bridgehead atoms. The van der Waals surface area contributed by atoms with Crippen molar-refractivity contribution >= 4 is 53.1 Å². The number of aromatic hydroxyl groups is 2. The number of esters is 1. The van der Waals surface area contributed by atoms with Gasteiger partial charge in [-0.1, -0.05) is 12.1 Å². The topological polar surface area (TPSA) is 317 Å². The Morgan fingerprint density at radius 3 is 1.61 bits per heavy atom. The van der Waals surface area contributed by atoms with Crippen LogP contribution in [0.15, 0.2) is 94.9 Å². The summed E-state index contributed by atoms with van der Waals surface area (Å²) in [5, 5.41) is 79.1. The van der Waals surface area contributed by atoms with Crippen molar-refractivity contribution in [3.8, 4) is 28.9 Å². The molecule has 0 aliphatic heterocycles. The van der Waals surface area contributed by atoms with Crippen molar-refractivity contribution in [1.29, 1.82) is 0 Å². The van der Waals surface area contributed by atoms with E-state index in [0.29, 0.717) is 28.4 Å². The largest absolute Gasteiger partial charge is 0.497 e. The van der Waals surface area contributed by atoms with Crippen LogP contribution in [0.1, 0.15) is 53.6 Å². The Hall–Kier alpha value is -8.28. The zero-order valence-electron chi connectivity index (χ0n) is 32.3. The van der Waals surface area contributed by atoms with Gasteiger partial charge in [-0.2, -0.15) is 14.9 Å². The van der Waals surface area contributed by atoms with Crippen LogP contribution < -0.4 is 4.74 Å². The summed E-state index contributed by atoms with van der Waals surface area (Å²) in [5.74, 6) is -3.69. The van der Waals surface area contributed by atoms with Crippen molar-refractivity contribution in [2.45, 2.75) is 13.5 Å². The number of non-ortho nitro benzene ring substituents is 2. The molecule has 321 valence electrons. The standard InChI is InChI=1S/C20H16N4O8.C19H16N4O6.Co/c1-32-20(29)17-15(18(26)23(22-17)12-4-2-11(10-25)3-5-12)9-21-16-7-6-13(24(30)31)8-14(16)19(27)28;1-11-16(18(24)22(21-11)12-3-6-14(29-2)7-4-12)10-20-17-8-5-13(23(27)28)9-15(17)19(25)26;/h2-9,25-26H,10H2,1H3,(H,27,28);3-10,24H,1-2H3,(H,25,26);. The Morgan fingerprint density at radius 1 is 0.726 bits per heavy atom. The Bertz CT molecular complexity index is 2730. The molecule has 2 aromatic heterocycles. The van der Waals surface area contributed by atoms with Crippen molar-refractivity contribution in [3.63, 3.8) is 0 Å². The molecule has 6 rings (SSSR count). The van der Waals surface area contributed by atoms with Gasteiger partial charge in [0.25, 0.3) is 11.4 Å². The Labute approximate surface area is 358 Å². The number of hydrogen-bond donors (Lipinski definition) is 5. The smallest absolute Gasteiger partial charge is 0.359 e. The number of carboxylic acid groups (broad SMARTS) is 2. The third kappa shape index (κ3) is 10.3. The predicted molar refractivity (Wildman–Crippen MR) is 214 cm³/mol. The zero-order valence-corrected chi connectivity index (χ0v) is 33.3. The molecule has 0 unspecified atom stereocenters. The van der Waals surface area contributed by atoms with Crippen molar-refractivity contribution in [2.75, 3.05) is 14.2 Å². The van der Waals surface area contributed by atoms with Crippen molar-refractivity contribution in [1.82, 2.24) is 19.6 Å². The number of benzene rings is 4.